The van der Waals surface area contributed by atoms with Crippen LogP contribution in [0.25, 0.3) is 11.0 Å². The van der Waals surface area contributed by atoms with Crippen molar-refractivity contribution in [3.8, 4) is 0 Å². The molecule has 114 valence electrons. The number of ether oxygens (including phenoxy) is 2. The predicted octanol–water partition coefficient (Wildman–Crippen LogP) is 1.27. The third-order valence-electron chi connectivity index (χ3n) is 2.73. The lowest BCUT2D eigenvalue weighted by molar-refractivity contribution is -0.133. The van der Waals surface area contributed by atoms with E-state index in [1.165, 1.54) is 11.8 Å². The van der Waals surface area contributed by atoms with E-state index in [1.54, 1.807) is 19.5 Å². The van der Waals surface area contributed by atoms with Crippen molar-refractivity contribution in [3.63, 3.8) is 0 Å². The monoisotopic (exact) mass is 311 g/mol. The number of hydrogen-bond donors (Lipinski definition) is 1. The Bertz CT molecular complexity index is 602. The van der Waals surface area contributed by atoms with Gasteiger partial charge in [0.15, 0.2) is 5.16 Å². The molecule has 0 amide bonds. The Hall–Kier alpha value is -1.64. The minimum Gasteiger partial charge on any atom is -0.481 e. The smallest absolute Gasteiger partial charge is 0.313 e. The average molecular weight is 311 g/mol. The number of thioether (sulfide) groups is 1. The van der Waals surface area contributed by atoms with Crippen LogP contribution in [0.4, 0.5) is 0 Å². The normalized spacial score (nSPS) is 11.1. The second kappa shape index (κ2) is 7.96. The second-order valence-corrected chi connectivity index (χ2v) is 5.14. The third kappa shape index (κ3) is 4.42. The molecule has 2 aromatic rings. The Morgan fingerprint density at radius 1 is 1.43 bits per heavy atom. The molecule has 0 saturated heterocycles. The lowest BCUT2D eigenvalue weighted by Gasteiger charge is -2.08. The van der Waals surface area contributed by atoms with Gasteiger partial charge in [0, 0.05) is 19.9 Å². The quantitative estimate of drug-likeness (QED) is 0.551. The van der Waals surface area contributed by atoms with Crippen molar-refractivity contribution in [3.05, 3.63) is 18.5 Å². The van der Waals surface area contributed by atoms with Crippen molar-refractivity contribution in [1.29, 1.82) is 0 Å². The van der Waals surface area contributed by atoms with E-state index in [0.29, 0.717) is 31.5 Å². The third-order valence-corrected chi connectivity index (χ3v) is 3.69. The molecule has 7 nitrogen and oxygen atoms in total. The highest BCUT2D eigenvalue weighted by Gasteiger charge is 2.12. The molecule has 2 heterocycles. The number of carboxylic acid groups (broad SMARTS) is 1. The summed E-state index contributed by atoms with van der Waals surface area (Å²) in [7, 11) is 1.63. The molecule has 21 heavy (non-hydrogen) atoms. The van der Waals surface area contributed by atoms with Gasteiger partial charge in [-0.3, -0.25) is 9.78 Å². The molecular formula is C13H17N3O4S. The molecule has 8 heteroatoms. The van der Waals surface area contributed by atoms with Crippen LogP contribution in [0.5, 0.6) is 0 Å². The van der Waals surface area contributed by atoms with Crippen molar-refractivity contribution in [1.82, 2.24) is 14.5 Å². The van der Waals surface area contributed by atoms with Gasteiger partial charge in [0.2, 0.25) is 0 Å². The summed E-state index contributed by atoms with van der Waals surface area (Å²) in [6.07, 6.45) is 3.36. The standard InChI is InChI=1S/C13H17N3O4S/c1-19-6-7-20-5-4-16-11-2-3-14-8-10(11)15-13(16)21-9-12(17)18/h2-3,8H,4-7,9H2,1H3,(H,17,18). The minimum atomic E-state index is -0.868. The topological polar surface area (TPSA) is 86.5 Å². The number of nitrogens with zero attached hydrogens (tertiary/aromatic N) is 3. The maximum atomic E-state index is 10.7. The summed E-state index contributed by atoms with van der Waals surface area (Å²) < 4.78 is 12.3. The summed E-state index contributed by atoms with van der Waals surface area (Å²) in [6.45, 7) is 2.20. The zero-order valence-corrected chi connectivity index (χ0v) is 12.5. The number of aromatic nitrogens is 3. The Labute approximate surface area is 126 Å². The van der Waals surface area contributed by atoms with E-state index < -0.39 is 5.97 Å². The molecule has 0 atom stereocenters. The zero-order valence-electron chi connectivity index (χ0n) is 11.7. The Balaban J connectivity index is 2.09. The number of aliphatic carboxylic acids is 1. The highest BCUT2D eigenvalue weighted by atomic mass is 32.2. The van der Waals surface area contributed by atoms with Crippen LogP contribution in [-0.2, 0) is 20.8 Å². The molecule has 0 radical (unpaired) electrons. The number of carbonyl (C=O) groups is 1. The SMILES string of the molecule is COCCOCCn1c(SCC(=O)O)nc2cnccc21. The molecule has 0 saturated carbocycles. The van der Waals surface area contributed by atoms with Gasteiger partial charge >= 0.3 is 5.97 Å². The van der Waals surface area contributed by atoms with Crippen molar-refractivity contribution in [2.45, 2.75) is 11.7 Å². The summed E-state index contributed by atoms with van der Waals surface area (Å²) in [5.74, 6) is -0.894. The largest absolute Gasteiger partial charge is 0.481 e. The number of carboxylic acids is 1. The first-order chi connectivity index (χ1) is 10.2. The number of pyridine rings is 1. The predicted molar refractivity (Wildman–Crippen MR) is 78.6 cm³/mol. The maximum absolute atomic E-state index is 10.7. The molecular weight excluding hydrogens is 294 g/mol. The fourth-order valence-electron chi connectivity index (χ4n) is 1.81. The number of methoxy groups -OCH3 is 1. The van der Waals surface area contributed by atoms with Crippen LogP contribution in [0.2, 0.25) is 0 Å². The van der Waals surface area contributed by atoms with Crippen molar-refractivity contribution >= 4 is 28.8 Å². The zero-order chi connectivity index (χ0) is 15.1. The first-order valence-electron chi connectivity index (χ1n) is 6.44. The number of rotatable bonds is 9. The van der Waals surface area contributed by atoms with Crippen LogP contribution < -0.4 is 0 Å². The van der Waals surface area contributed by atoms with Gasteiger partial charge in [0.25, 0.3) is 0 Å². The molecule has 0 aliphatic rings. The van der Waals surface area contributed by atoms with Crippen LogP contribution in [0.1, 0.15) is 0 Å². The summed E-state index contributed by atoms with van der Waals surface area (Å²) in [6, 6.07) is 1.86. The number of imidazole rings is 1. The average Bonchev–Trinajstić information content (AvgIpc) is 2.83. The lowest BCUT2D eigenvalue weighted by Crippen LogP contribution is -2.10. The van der Waals surface area contributed by atoms with Gasteiger partial charge in [-0.2, -0.15) is 0 Å². The van der Waals surface area contributed by atoms with Crippen molar-refractivity contribution in [2.24, 2.45) is 0 Å². The molecule has 0 bridgehead atoms. The van der Waals surface area contributed by atoms with E-state index in [4.69, 9.17) is 14.6 Å². The van der Waals surface area contributed by atoms with E-state index in [1.807, 2.05) is 10.6 Å². The number of hydrogen-bond acceptors (Lipinski definition) is 6. The van der Waals surface area contributed by atoms with Crippen LogP contribution in [0.3, 0.4) is 0 Å². The van der Waals surface area contributed by atoms with Crippen molar-refractivity contribution < 1.29 is 19.4 Å². The highest BCUT2D eigenvalue weighted by Crippen LogP contribution is 2.23. The summed E-state index contributed by atoms with van der Waals surface area (Å²) in [4.78, 5) is 19.2. The minimum absolute atomic E-state index is 0.0265. The van der Waals surface area contributed by atoms with Gasteiger partial charge in [-0.1, -0.05) is 11.8 Å². The first kappa shape index (κ1) is 15.7. The summed E-state index contributed by atoms with van der Waals surface area (Å²) in [5.41, 5.74) is 1.68. The molecule has 2 aromatic heterocycles. The Morgan fingerprint density at radius 3 is 3.05 bits per heavy atom. The van der Waals surface area contributed by atoms with E-state index >= 15 is 0 Å². The molecule has 0 spiro atoms. The van der Waals surface area contributed by atoms with Gasteiger partial charge in [-0.15, -0.1) is 0 Å². The Kier molecular flexibility index (Phi) is 5.97. The molecule has 0 fully saturated rings. The molecule has 1 N–H and O–H groups in total. The van der Waals surface area contributed by atoms with Crippen LogP contribution in [0, 0.1) is 0 Å². The molecule has 0 aliphatic heterocycles. The fourth-order valence-corrected chi connectivity index (χ4v) is 2.57. The van der Waals surface area contributed by atoms with Crippen LogP contribution in [-0.4, -0.2) is 58.3 Å². The lowest BCUT2D eigenvalue weighted by atomic mass is 10.4. The van der Waals surface area contributed by atoms with Gasteiger partial charge in [-0.25, -0.2) is 4.98 Å². The summed E-state index contributed by atoms with van der Waals surface area (Å²) in [5, 5.41) is 9.47. The molecule has 2 rings (SSSR count). The van der Waals surface area contributed by atoms with E-state index in [2.05, 4.69) is 9.97 Å². The number of fused-ring (bicyclic) bond motifs is 1. The molecule has 0 unspecified atom stereocenters. The van der Waals surface area contributed by atoms with Gasteiger partial charge < -0.3 is 19.1 Å². The van der Waals surface area contributed by atoms with Gasteiger partial charge in [0.1, 0.15) is 5.52 Å². The maximum Gasteiger partial charge on any atom is 0.313 e. The highest BCUT2D eigenvalue weighted by molar-refractivity contribution is 7.99. The van der Waals surface area contributed by atoms with E-state index in [9.17, 15) is 4.79 Å². The second-order valence-electron chi connectivity index (χ2n) is 4.20. The molecule has 0 aromatic carbocycles. The van der Waals surface area contributed by atoms with E-state index in [-0.39, 0.29) is 5.75 Å². The molecule has 0 aliphatic carbocycles. The first-order valence-corrected chi connectivity index (χ1v) is 7.42. The van der Waals surface area contributed by atoms with Crippen LogP contribution in [0.15, 0.2) is 23.6 Å². The summed E-state index contributed by atoms with van der Waals surface area (Å²) >= 11 is 1.19. The van der Waals surface area contributed by atoms with Crippen molar-refractivity contribution in [2.75, 3.05) is 32.7 Å². The Morgan fingerprint density at radius 2 is 2.29 bits per heavy atom. The van der Waals surface area contributed by atoms with Crippen LogP contribution >= 0.6 is 11.8 Å². The van der Waals surface area contributed by atoms with E-state index in [0.717, 1.165) is 11.0 Å². The fraction of sp³-hybridized carbons (Fsp3) is 0.462. The van der Waals surface area contributed by atoms with Gasteiger partial charge in [-0.05, 0) is 6.07 Å². The van der Waals surface area contributed by atoms with Gasteiger partial charge in [0.05, 0.1) is 37.3 Å².